The van der Waals surface area contributed by atoms with Gasteiger partial charge in [-0.05, 0) is 16.3 Å². The van der Waals surface area contributed by atoms with Gasteiger partial charge in [0.2, 0.25) is 0 Å². The lowest BCUT2D eigenvalue weighted by Crippen LogP contribution is -2.15. The number of esters is 1. The first kappa shape index (κ1) is 15.2. The molecule has 21 heavy (non-hydrogen) atoms. The molecule has 0 aromatic heterocycles. The summed E-state index contributed by atoms with van der Waals surface area (Å²) in [5.41, 5.74) is 0.770. The van der Waals surface area contributed by atoms with E-state index in [1.165, 1.54) is 0 Å². The highest BCUT2D eigenvalue weighted by molar-refractivity contribution is 7.85. The van der Waals surface area contributed by atoms with E-state index in [9.17, 15) is 13.2 Å². The highest BCUT2D eigenvalue weighted by atomic mass is 32.2. The molecule has 0 atom stereocenters. The molecule has 0 unspecified atom stereocenters. The molecule has 0 saturated heterocycles. The number of hydrogen-bond acceptors (Lipinski definition) is 4. The Kier molecular flexibility index (Phi) is 4.40. The van der Waals surface area contributed by atoms with E-state index >= 15 is 0 Å². The fraction of sp³-hybridized carbons (Fsp3) is 0.133. The quantitative estimate of drug-likeness (QED) is 0.521. The molecular weight excluding hydrogens is 292 g/mol. The van der Waals surface area contributed by atoms with Crippen LogP contribution in [-0.2, 0) is 19.6 Å². The Morgan fingerprint density at radius 1 is 1.14 bits per heavy atom. The third-order valence-electron chi connectivity index (χ3n) is 2.94. The van der Waals surface area contributed by atoms with Crippen molar-refractivity contribution in [1.29, 1.82) is 0 Å². The van der Waals surface area contributed by atoms with Gasteiger partial charge in [-0.1, -0.05) is 49.0 Å². The number of rotatable bonds is 5. The lowest BCUT2D eigenvalue weighted by Gasteiger charge is -2.09. The summed E-state index contributed by atoms with van der Waals surface area (Å²) in [5, 5.41) is 1.82. The van der Waals surface area contributed by atoms with Crippen molar-refractivity contribution in [3.63, 3.8) is 0 Å². The summed E-state index contributed by atoms with van der Waals surface area (Å²) in [6, 6.07) is 13.0. The lowest BCUT2D eigenvalue weighted by atomic mass is 9.99. The molecule has 0 radical (unpaired) electrons. The molecule has 5 nitrogen and oxygen atoms in total. The van der Waals surface area contributed by atoms with Crippen LogP contribution in [0, 0.1) is 0 Å². The zero-order valence-electron chi connectivity index (χ0n) is 11.2. The van der Waals surface area contributed by atoms with Crippen molar-refractivity contribution in [1.82, 2.24) is 0 Å². The Morgan fingerprint density at radius 2 is 1.81 bits per heavy atom. The Hall–Kier alpha value is -2.18. The third kappa shape index (κ3) is 3.90. The number of fused-ring (bicyclic) bond motifs is 1. The van der Waals surface area contributed by atoms with Crippen LogP contribution in [-0.4, -0.2) is 31.3 Å². The smallest absolute Gasteiger partial charge is 0.338 e. The van der Waals surface area contributed by atoms with Crippen LogP contribution in [0.3, 0.4) is 0 Å². The van der Waals surface area contributed by atoms with Gasteiger partial charge in [0.15, 0.2) is 0 Å². The Labute approximate surface area is 122 Å². The maximum Gasteiger partial charge on any atom is 0.338 e. The maximum atomic E-state index is 11.9. The molecule has 110 valence electrons. The molecule has 6 heteroatoms. The fourth-order valence-electron chi connectivity index (χ4n) is 1.93. The van der Waals surface area contributed by atoms with E-state index in [0.29, 0.717) is 5.56 Å². The van der Waals surface area contributed by atoms with E-state index in [4.69, 9.17) is 9.29 Å². The molecular formula is C15H14O5S. The predicted molar refractivity (Wildman–Crippen MR) is 80.4 cm³/mol. The average molecular weight is 306 g/mol. The second kappa shape index (κ2) is 6.07. The third-order valence-corrected chi connectivity index (χ3v) is 3.62. The number of ether oxygens (including phenoxy) is 1. The standard InChI is InChI=1S/C15H14O5S/c1-11(15(16)20-9-10-21(17,18)19)13-8-4-6-12-5-2-3-7-14(12)13/h2-8H,1,9-10H2,(H,17,18,19). The zero-order chi connectivity index (χ0) is 15.5. The summed E-state index contributed by atoms with van der Waals surface area (Å²) in [6.45, 7) is 3.29. The van der Waals surface area contributed by atoms with Gasteiger partial charge in [-0.25, -0.2) is 4.79 Å². The van der Waals surface area contributed by atoms with Gasteiger partial charge >= 0.3 is 5.97 Å². The van der Waals surface area contributed by atoms with Gasteiger partial charge in [0.1, 0.15) is 12.4 Å². The largest absolute Gasteiger partial charge is 0.461 e. The highest BCUT2D eigenvalue weighted by Gasteiger charge is 2.15. The number of carbonyl (C=O) groups is 1. The lowest BCUT2D eigenvalue weighted by molar-refractivity contribution is -0.135. The predicted octanol–water partition coefficient (Wildman–Crippen LogP) is 2.28. The number of benzene rings is 2. The maximum absolute atomic E-state index is 11.9. The van der Waals surface area contributed by atoms with Gasteiger partial charge in [0.25, 0.3) is 10.1 Å². The average Bonchev–Trinajstić information content (AvgIpc) is 2.44. The van der Waals surface area contributed by atoms with Gasteiger partial charge in [-0.3, -0.25) is 4.55 Å². The van der Waals surface area contributed by atoms with Crippen molar-refractivity contribution < 1.29 is 22.5 Å². The van der Waals surface area contributed by atoms with Crippen molar-refractivity contribution in [3.8, 4) is 0 Å². The number of hydrogen-bond donors (Lipinski definition) is 1. The monoisotopic (exact) mass is 306 g/mol. The van der Waals surface area contributed by atoms with Crippen LogP contribution in [0.4, 0.5) is 0 Å². The first-order chi connectivity index (χ1) is 9.88. The molecule has 2 aromatic rings. The second-order valence-corrected chi connectivity index (χ2v) is 6.00. The van der Waals surface area contributed by atoms with Gasteiger partial charge in [-0.2, -0.15) is 8.42 Å². The number of carbonyl (C=O) groups excluding carboxylic acids is 1. The van der Waals surface area contributed by atoms with Crippen LogP contribution < -0.4 is 0 Å². The van der Waals surface area contributed by atoms with Crippen molar-refractivity contribution >= 4 is 32.4 Å². The summed E-state index contributed by atoms with van der Waals surface area (Å²) in [5.74, 6) is -1.35. The van der Waals surface area contributed by atoms with Crippen molar-refractivity contribution in [2.24, 2.45) is 0 Å². The first-order valence-electron chi connectivity index (χ1n) is 6.18. The molecule has 0 amide bonds. The van der Waals surface area contributed by atoms with Crippen LogP contribution in [0.25, 0.3) is 16.3 Å². The molecule has 0 aliphatic rings. The minimum absolute atomic E-state index is 0.141. The normalized spacial score (nSPS) is 11.3. The molecule has 2 aromatic carbocycles. The van der Waals surface area contributed by atoms with Crippen LogP contribution in [0.15, 0.2) is 49.0 Å². The Balaban J connectivity index is 2.17. The first-order valence-corrected chi connectivity index (χ1v) is 7.79. The summed E-state index contributed by atoms with van der Waals surface area (Å²) in [4.78, 5) is 11.9. The molecule has 0 saturated carbocycles. The molecule has 2 rings (SSSR count). The van der Waals surface area contributed by atoms with Crippen LogP contribution in [0.5, 0.6) is 0 Å². The van der Waals surface area contributed by atoms with Gasteiger partial charge in [0, 0.05) is 0 Å². The molecule has 0 bridgehead atoms. The fourth-order valence-corrected chi connectivity index (χ4v) is 2.22. The SMILES string of the molecule is C=C(C(=O)OCCS(=O)(=O)O)c1cccc2ccccc12. The molecule has 0 fully saturated rings. The van der Waals surface area contributed by atoms with E-state index in [2.05, 4.69) is 6.58 Å². The van der Waals surface area contributed by atoms with Crippen molar-refractivity contribution in [2.75, 3.05) is 12.4 Å². The second-order valence-electron chi connectivity index (χ2n) is 4.43. The molecule has 0 aliphatic carbocycles. The topological polar surface area (TPSA) is 80.7 Å². The van der Waals surface area contributed by atoms with E-state index in [1.54, 1.807) is 12.1 Å². The van der Waals surface area contributed by atoms with Crippen LogP contribution in [0.2, 0.25) is 0 Å². The van der Waals surface area contributed by atoms with E-state index < -0.39 is 28.4 Å². The molecule has 0 heterocycles. The van der Waals surface area contributed by atoms with Gasteiger partial charge in [0.05, 0.1) is 5.57 Å². The Morgan fingerprint density at radius 3 is 2.52 bits per heavy atom. The van der Waals surface area contributed by atoms with E-state index in [1.807, 2.05) is 30.3 Å². The molecule has 0 aliphatic heterocycles. The summed E-state index contributed by atoms with van der Waals surface area (Å²) in [6.07, 6.45) is 0. The van der Waals surface area contributed by atoms with Crippen LogP contribution in [0.1, 0.15) is 5.56 Å². The highest BCUT2D eigenvalue weighted by Crippen LogP contribution is 2.24. The molecule has 1 N–H and O–H groups in total. The van der Waals surface area contributed by atoms with Gasteiger partial charge in [-0.15, -0.1) is 0 Å². The Bertz CT molecular complexity index is 787. The van der Waals surface area contributed by atoms with E-state index in [0.717, 1.165) is 10.8 Å². The minimum atomic E-state index is -4.15. The van der Waals surface area contributed by atoms with Crippen molar-refractivity contribution in [2.45, 2.75) is 0 Å². The zero-order valence-corrected chi connectivity index (χ0v) is 12.0. The molecule has 0 spiro atoms. The van der Waals surface area contributed by atoms with Gasteiger partial charge < -0.3 is 4.74 Å². The summed E-state index contributed by atoms with van der Waals surface area (Å²) in [7, 11) is -4.15. The van der Waals surface area contributed by atoms with Crippen LogP contribution >= 0.6 is 0 Å². The van der Waals surface area contributed by atoms with E-state index in [-0.39, 0.29) is 5.57 Å². The summed E-state index contributed by atoms with van der Waals surface area (Å²) < 4.78 is 34.5. The minimum Gasteiger partial charge on any atom is -0.461 e. The summed E-state index contributed by atoms with van der Waals surface area (Å²) >= 11 is 0. The van der Waals surface area contributed by atoms with Crippen molar-refractivity contribution in [3.05, 3.63) is 54.6 Å².